The van der Waals surface area contributed by atoms with E-state index in [-0.39, 0.29) is 18.3 Å². The molecule has 1 amide bonds. The SMILES string of the molecule is CC.CF.CN(c1ccc2nc(-c3cnc(C(F)F)c4cnc(NC=O)cc34)nn2c1)[C@@H]1CCOC1.[HH]. The van der Waals surface area contributed by atoms with Crippen LogP contribution in [0.25, 0.3) is 27.8 Å². The lowest BCUT2D eigenvalue weighted by Crippen LogP contribution is -2.31. The predicted octanol–water partition coefficient (Wildman–Crippen LogP) is 4.93. The Balaban J connectivity index is 0.000000919. The minimum Gasteiger partial charge on any atom is -0.379 e. The molecule has 0 saturated carbocycles. The summed E-state index contributed by atoms with van der Waals surface area (Å²) in [4.78, 5) is 25.5. The van der Waals surface area contributed by atoms with Crippen LogP contribution in [-0.2, 0) is 9.53 Å². The fourth-order valence-electron chi connectivity index (χ4n) is 3.88. The Bertz CT molecular complexity index is 1320. The van der Waals surface area contributed by atoms with Gasteiger partial charge in [-0.3, -0.25) is 14.2 Å². The van der Waals surface area contributed by atoms with Crippen molar-refractivity contribution in [1.82, 2.24) is 24.6 Å². The topological polar surface area (TPSA) is 97.5 Å². The molecule has 1 atom stereocenters. The summed E-state index contributed by atoms with van der Waals surface area (Å²) in [5.41, 5.74) is 1.64. The van der Waals surface area contributed by atoms with Gasteiger partial charge in [-0.2, -0.15) is 0 Å². The van der Waals surface area contributed by atoms with Crippen molar-refractivity contribution < 1.29 is 24.1 Å². The third-order valence-electron chi connectivity index (χ3n) is 5.63. The quantitative estimate of drug-likeness (QED) is 0.371. The van der Waals surface area contributed by atoms with Gasteiger partial charge in [0.1, 0.15) is 11.5 Å². The highest BCUT2D eigenvalue weighted by Crippen LogP contribution is 2.33. The van der Waals surface area contributed by atoms with Gasteiger partial charge in [0.15, 0.2) is 11.5 Å². The molecule has 4 aromatic rings. The van der Waals surface area contributed by atoms with E-state index >= 15 is 0 Å². The Morgan fingerprint density at radius 3 is 2.67 bits per heavy atom. The van der Waals surface area contributed by atoms with Crippen molar-refractivity contribution in [2.24, 2.45) is 0 Å². The lowest BCUT2D eigenvalue weighted by Gasteiger charge is -2.25. The summed E-state index contributed by atoms with van der Waals surface area (Å²) in [7, 11) is 2.51. The van der Waals surface area contributed by atoms with Crippen LogP contribution in [-0.4, -0.2) is 64.5 Å². The predicted molar refractivity (Wildman–Crippen MR) is 134 cm³/mol. The first-order valence-corrected chi connectivity index (χ1v) is 11.4. The highest BCUT2D eigenvalue weighted by atomic mass is 19.3. The zero-order valence-electron chi connectivity index (χ0n) is 20.5. The van der Waals surface area contributed by atoms with Gasteiger partial charge in [0.2, 0.25) is 6.41 Å². The standard InChI is InChI=1S/C21H19F2N7O2.C2H6.CH3F.H2/c1-29(13-4-5-32-10-13)12-2-3-18-27-21(28-30(18)9-12)16-8-25-19(20(22)23)15-7-24-17(26-11-31)6-14(15)16;2*1-2;/h2-3,6-9,11,13,20H,4-5,10H2,1H3,(H,24,26,31);1-2H3;1H3;1H/t13-;;;/m1.../s1. The molecule has 1 aliphatic heterocycles. The van der Waals surface area contributed by atoms with Gasteiger partial charge in [-0.1, -0.05) is 13.8 Å². The van der Waals surface area contributed by atoms with Crippen LogP contribution in [0.3, 0.4) is 0 Å². The number of aromatic nitrogens is 5. The number of anilines is 2. The maximum absolute atomic E-state index is 13.5. The van der Waals surface area contributed by atoms with E-state index in [4.69, 9.17) is 4.74 Å². The fraction of sp³-hybridized carbons (Fsp3) is 0.375. The third-order valence-corrected chi connectivity index (χ3v) is 5.63. The first kappa shape index (κ1) is 26.8. The van der Waals surface area contributed by atoms with Crippen LogP contribution in [0.5, 0.6) is 0 Å². The van der Waals surface area contributed by atoms with E-state index in [2.05, 4.69) is 30.3 Å². The molecule has 5 heterocycles. The second-order valence-corrected chi connectivity index (χ2v) is 7.49. The third kappa shape index (κ3) is 5.38. The van der Waals surface area contributed by atoms with Crippen molar-refractivity contribution in [3.8, 4) is 11.4 Å². The molecule has 1 fully saturated rings. The van der Waals surface area contributed by atoms with E-state index in [1.807, 2.05) is 39.2 Å². The minimum atomic E-state index is -2.77. The molecule has 9 nitrogen and oxygen atoms in total. The van der Waals surface area contributed by atoms with Crippen molar-refractivity contribution in [2.75, 3.05) is 37.7 Å². The van der Waals surface area contributed by atoms with Gasteiger partial charge in [0, 0.05) is 43.8 Å². The number of nitrogens with zero attached hydrogens (tertiary/aromatic N) is 6. The van der Waals surface area contributed by atoms with E-state index < -0.39 is 6.43 Å². The molecule has 12 heteroatoms. The largest absolute Gasteiger partial charge is 0.379 e. The molecule has 0 bridgehead atoms. The average molecular weight is 506 g/mol. The molecule has 0 aliphatic carbocycles. The number of ether oxygens (including phenoxy) is 1. The van der Waals surface area contributed by atoms with Crippen molar-refractivity contribution in [3.05, 3.63) is 42.5 Å². The number of pyridine rings is 3. The highest BCUT2D eigenvalue weighted by molar-refractivity contribution is 5.97. The smallest absolute Gasteiger partial charge is 0.281 e. The maximum atomic E-state index is 13.5. The van der Waals surface area contributed by atoms with Crippen LogP contribution in [0.1, 0.15) is 33.8 Å². The summed E-state index contributed by atoms with van der Waals surface area (Å²) in [6.07, 6.45) is 3.12. The number of nitrogens with one attached hydrogen (secondary N) is 1. The Kier molecular flexibility index (Phi) is 9.12. The van der Waals surface area contributed by atoms with Crippen molar-refractivity contribution >= 4 is 34.3 Å². The monoisotopic (exact) mass is 505 g/mol. The molecule has 0 spiro atoms. The summed E-state index contributed by atoms with van der Waals surface area (Å²) in [6, 6.07) is 5.61. The molecule has 1 N–H and O–H groups in total. The second-order valence-electron chi connectivity index (χ2n) is 7.49. The summed E-state index contributed by atoms with van der Waals surface area (Å²) in [5.74, 6) is 0.558. The number of alkyl halides is 3. The van der Waals surface area contributed by atoms with E-state index in [1.54, 1.807) is 4.52 Å². The van der Waals surface area contributed by atoms with Gasteiger partial charge < -0.3 is 15.0 Å². The average Bonchev–Trinajstić information content (AvgIpc) is 3.60. The highest BCUT2D eigenvalue weighted by Gasteiger charge is 2.22. The summed E-state index contributed by atoms with van der Waals surface area (Å²) < 4.78 is 43.6. The minimum absolute atomic E-state index is 0. The zero-order chi connectivity index (χ0) is 26.2. The number of fused-ring (bicyclic) bond motifs is 2. The van der Waals surface area contributed by atoms with Crippen LogP contribution >= 0.6 is 0 Å². The summed E-state index contributed by atoms with van der Waals surface area (Å²) in [6.45, 7) is 5.42. The van der Waals surface area contributed by atoms with E-state index in [9.17, 15) is 18.0 Å². The Labute approximate surface area is 207 Å². The van der Waals surface area contributed by atoms with Crippen molar-refractivity contribution in [1.29, 1.82) is 0 Å². The first-order chi connectivity index (χ1) is 17.5. The Morgan fingerprint density at radius 2 is 2.00 bits per heavy atom. The number of carbonyl (C=O) groups is 1. The van der Waals surface area contributed by atoms with Gasteiger partial charge >= 0.3 is 0 Å². The molecular weight excluding hydrogens is 475 g/mol. The number of likely N-dealkylation sites (N-methyl/N-ethyl adjacent to an activating group) is 1. The molecule has 0 aromatic carbocycles. The molecule has 0 unspecified atom stereocenters. The van der Waals surface area contributed by atoms with Crippen LogP contribution in [0.15, 0.2) is 36.8 Å². The number of carbonyl (C=O) groups excluding carboxylic acids is 1. The van der Waals surface area contributed by atoms with Crippen molar-refractivity contribution in [3.63, 3.8) is 0 Å². The van der Waals surface area contributed by atoms with E-state index in [0.717, 1.165) is 18.7 Å². The second kappa shape index (κ2) is 12.2. The van der Waals surface area contributed by atoms with Crippen LogP contribution in [0, 0.1) is 0 Å². The van der Waals surface area contributed by atoms with Gasteiger partial charge in [-0.05, 0) is 24.6 Å². The Hall–Kier alpha value is -3.80. The molecule has 194 valence electrons. The number of rotatable bonds is 6. The molecule has 1 aliphatic rings. The van der Waals surface area contributed by atoms with Gasteiger partial charge in [0.05, 0.1) is 31.7 Å². The number of hydrogen-bond donors (Lipinski definition) is 1. The van der Waals surface area contributed by atoms with Crippen LogP contribution in [0.4, 0.5) is 24.7 Å². The van der Waals surface area contributed by atoms with E-state index in [1.165, 1.54) is 18.5 Å². The van der Waals surface area contributed by atoms with Gasteiger partial charge in [0.25, 0.3) is 6.43 Å². The van der Waals surface area contributed by atoms with Crippen LogP contribution in [0.2, 0.25) is 0 Å². The maximum Gasteiger partial charge on any atom is 0.281 e. The van der Waals surface area contributed by atoms with Crippen LogP contribution < -0.4 is 10.2 Å². The lowest BCUT2D eigenvalue weighted by molar-refractivity contribution is -0.105. The number of halogens is 3. The molecule has 4 aromatic heterocycles. The number of amides is 1. The summed E-state index contributed by atoms with van der Waals surface area (Å²) in [5, 5.41) is 7.60. The first-order valence-electron chi connectivity index (χ1n) is 11.4. The molecule has 36 heavy (non-hydrogen) atoms. The number of hydrogen-bond acceptors (Lipinski definition) is 7. The lowest BCUT2D eigenvalue weighted by atomic mass is 10.1. The Morgan fingerprint density at radius 1 is 1.22 bits per heavy atom. The molecular formula is C24H30F3N7O2. The van der Waals surface area contributed by atoms with Crippen molar-refractivity contribution in [2.45, 2.75) is 32.7 Å². The molecule has 0 radical (unpaired) electrons. The van der Waals surface area contributed by atoms with Gasteiger partial charge in [-0.15, -0.1) is 5.10 Å². The fourth-order valence-corrected chi connectivity index (χ4v) is 3.88. The molecule has 1 saturated heterocycles. The van der Waals surface area contributed by atoms with Gasteiger partial charge in [-0.25, -0.2) is 23.3 Å². The molecule has 5 rings (SSSR count). The summed E-state index contributed by atoms with van der Waals surface area (Å²) >= 11 is 0. The zero-order valence-corrected chi connectivity index (χ0v) is 20.5. The normalized spacial score (nSPS) is 14.7. The van der Waals surface area contributed by atoms with E-state index in [0.29, 0.717) is 48.7 Å².